The predicted molar refractivity (Wildman–Crippen MR) is 91.6 cm³/mol. The van der Waals surface area contributed by atoms with Gasteiger partial charge < -0.3 is 4.90 Å². The number of rotatable bonds is 5. The standard InChI is InChI=1S/C16H20Cl2N2.ClH/c1-12(20(2)10-4-9-19)16(7-3-8-16)13-5-6-14(17)15(18)11-13;/h5-6,11-12H,3-4,7-8,10H2,1-2H3;1H. The van der Waals surface area contributed by atoms with Gasteiger partial charge in [0, 0.05) is 24.4 Å². The molecule has 0 spiro atoms. The predicted octanol–water partition coefficient (Wildman–Crippen LogP) is 5.07. The summed E-state index contributed by atoms with van der Waals surface area (Å²) in [7, 11) is 2.10. The first-order chi connectivity index (χ1) is 9.51. The van der Waals surface area contributed by atoms with Crippen molar-refractivity contribution in [3.8, 4) is 6.07 Å². The third-order valence-electron chi connectivity index (χ3n) is 4.78. The maximum atomic E-state index is 8.75. The molecule has 1 aliphatic carbocycles. The highest BCUT2D eigenvalue weighted by atomic mass is 35.5. The van der Waals surface area contributed by atoms with Crippen molar-refractivity contribution < 1.29 is 0 Å². The minimum atomic E-state index is 0. The minimum Gasteiger partial charge on any atom is -0.302 e. The van der Waals surface area contributed by atoms with E-state index in [0.717, 1.165) is 6.54 Å². The number of nitrogens with zero attached hydrogens (tertiary/aromatic N) is 2. The van der Waals surface area contributed by atoms with E-state index >= 15 is 0 Å². The Morgan fingerprint density at radius 3 is 2.48 bits per heavy atom. The molecule has 0 radical (unpaired) electrons. The fourth-order valence-corrected chi connectivity index (χ4v) is 3.45. The summed E-state index contributed by atoms with van der Waals surface area (Å²) in [5.41, 5.74) is 1.42. The Bertz CT molecular complexity index is 521. The van der Waals surface area contributed by atoms with E-state index < -0.39 is 0 Å². The fourth-order valence-electron chi connectivity index (χ4n) is 3.15. The van der Waals surface area contributed by atoms with Gasteiger partial charge in [-0.15, -0.1) is 12.4 Å². The van der Waals surface area contributed by atoms with Gasteiger partial charge >= 0.3 is 0 Å². The van der Waals surface area contributed by atoms with E-state index in [-0.39, 0.29) is 17.8 Å². The van der Waals surface area contributed by atoms with Gasteiger partial charge in [0.2, 0.25) is 0 Å². The quantitative estimate of drug-likeness (QED) is 0.743. The van der Waals surface area contributed by atoms with Crippen molar-refractivity contribution in [3.63, 3.8) is 0 Å². The Morgan fingerprint density at radius 1 is 1.33 bits per heavy atom. The zero-order chi connectivity index (χ0) is 14.8. The highest BCUT2D eigenvalue weighted by molar-refractivity contribution is 6.42. The molecule has 2 rings (SSSR count). The van der Waals surface area contributed by atoms with Gasteiger partial charge in [0.15, 0.2) is 0 Å². The SMILES string of the molecule is CC(N(C)CCC#N)C1(c2ccc(Cl)c(Cl)c2)CCC1.Cl. The van der Waals surface area contributed by atoms with Crippen LogP contribution in [0.25, 0.3) is 0 Å². The van der Waals surface area contributed by atoms with Gasteiger partial charge in [-0.1, -0.05) is 35.7 Å². The van der Waals surface area contributed by atoms with Crippen LogP contribution in [0.2, 0.25) is 10.0 Å². The average molecular weight is 348 g/mol. The van der Waals surface area contributed by atoms with Crippen LogP contribution in [0, 0.1) is 11.3 Å². The molecule has 0 saturated heterocycles. The number of benzene rings is 1. The van der Waals surface area contributed by atoms with Crippen molar-refractivity contribution in [1.82, 2.24) is 4.90 Å². The Balaban J connectivity index is 0.00000220. The zero-order valence-corrected chi connectivity index (χ0v) is 14.7. The molecule has 0 bridgehead atoms. The van der Waals surface area contributed by atoms with Crippen LogP contribution in [0.5, 0.6) is 0 Å². The maximum absolute atomic E-state index is 8.75. The van der Waals surface area contributed by atoms with E-state index in [9.17, 15) is 0 Å². The van der Waals surface area contributed by atoms with Crippen molar-refractivity contribution in [2.75, 3.05) is 13.6 Å². The van der Waals surface area contributed by atoms with Gasteiger partial charge in [-0.25, -0.2) is 0 Å². The highest BCUT2D eigenvalue weighted by Crippen LogP contribution is 2.48. The third kappa shape index (κ3) is 3.66. The Hall–Kier alpha value is -0.460. The van der Waals surface area contributed by atoms with Crippen LogP contribution in [0.3, 0.4) is 0 Å². The molecule has 1 aromatic rings. The van der Waals surface area contributed by atoms with Crippen LogP contribution in [0.1, 0.15) is 38.2 Å². The van der Waals surface area contributed by atoms with Crippen LogP contribution < -0.4 is 0 Å². The first-order valence-corrected chi connectivity index (χ1v) is 7.79. The Morgan fingerprint density at radius 2 is 2.00 bits per heavy atom. The molecule has 1 aromatic carbocycles. The molecule has 1 saturated carbocycles. The third-order valence-corrected chi connectivity index (χ3v) is 5.52. The van der Waals surface area contributed by atoms with Gasteiger partial charge in [-0.3, -0.25) is 0 Å². The monoisotopic (exact) mass is 346 g/mol. The molecule has 2 nitrogen and oxygen atoms in total. The second kappa shape index (κ2) is 7.70. The number of halogens is 3. The number of hydrogen-bond acceptors (Lipinski definition) is 2. The minimum absolute atomic E-state index is 0. The van der Waals surface area contributed by atoms with Crippen LogP contribution in [0.15, 0.2) is 18.2 Å². The van der Waals surface area contributed by atoms with Gasteiger partial charge in [0.1, 0.15) is 0 Å². The molecule has 21 heavy (non-hydrogen) atoms. The molecule has 1 atom stereocenters. The van der Waals surface area contributed by atoms with E-state index in [1.165, 1.54) is 24.8 Å². The van der Waals surface area contributed by atoms with Crippen molar-refractivity contribution in [2.24, 2.45) is 0 Å². The molecule has 1 unspecified atom stereocenters. The van der Waals surface area contributed by atoms with Gasteiger partial charge in [0.05, 0.1) is 16.1 Å². The summed E-state index contributed by atoms with van der Waals surface area (Å²) in [4.78, 5) is 2.28. The average Bonchev–Trinajstić information content (AvgIpc) is 2.38. The normalized spacial score (nSPS) is 17.5. The van der Waals surface area contributed by atoms with Crippen molar-refractivity contribution in [2.45, 2.75) is 44.1 Å². The van der Waals surface area contributed by atoms with Crippen molar-refractivity contribution >= 4 is 35.6 Å². The molecule has 0 amide bonds. The lowest BCUT2D eigenvalue weighted by atomic mass is 9.60. The summed E-state index contributed by atoms with van der Waals surface area (Å²) in [6, 6.07) is 8.61. The largest absolute Gasteiger partial charge is 0.302 e. The molecule has 0 aliphatic heterocycles. The van der Waals surface area contributed by atoms with Gasteiger partial charge in [0.25, 0.3) is 0 Å². The van der Waals surface area contributed by atoms with Crippen LogP contribution >= 0.6 is 35.6 Å². The molecule has 0 N–H and O–H groups in total. The lowest BCUT2D eigenvalue weighted by molar-refractivity contribution is 0.0933. The maximum Gasteiger partial charge on any atom is 0.0635 e. The summed E-state index contributed by atoms with van der Waals surface area (Å²) in [6.45, 7) is 3.06. The second-order valence-corrected chi connectivity index (χ2v) is 6.52. The van der Waals surface area contributed by atoms with E-state index in [1.54, 1.807) is 0 Å². The van der Waals surface area contributed by atoms with Crippen LogP contribution in [-0.4, -0.2) is 24.5 Å². The van der Waals surface area contributed by atoms with E-state index in [2.05, 4.69) is 31.0 Å². The summed E-state index contributed by atoms with van der Waals surface area (Å²) in [5.74, 6) is 0. The Labute approximate surface area is 143 Å². The molecule has 0 heterocycles. The van der Waals surface area contributed by atoms with Gasteiger partial charge in [-0.2, -0.15) is 5.26 Å². The summed E-state index contributed by atoms with van der Waals surface area (Å²) in [6.07, 6.45) is 4.15. The smallest absolute Gasteiger partial charge is 0.0635 e. The highest BCUT2D eigenvalue weighted by Gasteiger charge is 2.44. The molecule has 5 heteroatoms. The van der Waals surface area contributed by atoms with E-state index in [4.69, 9.17) is 28.5 Å². The Kier molecular flexibility index (Phi) is 6.81. The summed E-state index contributed by atoms with van der Waals surface area (Å²) >= 11 is 12.2. The van der Waals surface area contributed by atoms with Crippen LogP contribution in [-0.2, 0) is 5.41 Å². The lowest BCUT2D eigenvalue weighted by Crippen LogP contribution is -2.51. The first kappa shape index (κ1) is 18.6. The summed E-state index contributed by atoms with van der Waals surface area (Å²) < 4.78 is 0. The fraction of sp³-hybridized carbons (Fsp3) is 0.562. The van der Waals surface area contributed by atoms with E-state index in [0.29, 0.717) is 22.5 Å². The molecule has 0 aromatic heterocycles. The van der Waals surface area contributed by atoms with Crippen molar-refractivity contribution in [1.29, 1.82) is 5.26 Å². The molecule has 116 valence electrons. The number of hydrogen-bond donors (Lipinski definition) is 0. The molecule has 1 fully saturated rings. The molecular weight excluding hydrogens is 327 g/mol. The van der Waals surface area contributed by atoms with Gasteiger partial charge in [-0.05, 0) is 44.5 Å². The zero-order valence-electron chi connectivity index (χ0n) is 12.4. The molecule has 1 aliphatic rings. The van der Waals surface area contributed by atoms with Crippen molar-refractivity contribution in [3.05, 3.63) is 33.8 Å². The summed E-state index contributed by atoms with van der Waals surface area (Å²) in [5, 5.41) is 9.98. The van der Waals surface area contributed by atoms with E-state index in [1.807, 2.05) is 12.1 Å². The topological polar surface area (TPSA) is 27.0 Å². The lowest BCUT2D eigenvalue weighted by Gasteiger charge is -2.50. The first-order valence-electron chi connectivity index (χ1n) is 7.04. The molecular formula is C16H21Cl3N2. The second-order valence-electron chi connectivity index (χ2n) is 5.70. The number of likely N-dealkylation sites (N-methyl/N-ethyl adjacent to an activating group) is 1. The van der Waals surface area contributed by atoms with Crippen LogP contribution in [0.4, 0.5) is 0 Å². The number of nitriles is 1.